The van der Waals surface area contributed by atoms with Crippen molar-refractivity contribution in [3.8, 4) is 0 Å². The molecule has 1 aromatic rings. The molecular formula is C12H19N5O2. The van der Waals surface area contributed by atoms with Crippen LogP contribution in [0.5, 0.6) is 0 Å². The number of hydrogen-bond acceptors (Lipinski definition) is 4. The van der Waals surface area contributed by atoms with E-state index in [0.717, 1.165) is 0 Å². The maximum Gasteiger partial charge on any atom is 0.248 e. The van der Waals surface area contributed by atoms with Crippen LogP contribution in [0, 0.1) is 0 Å². The van der Waals surface area contributed by atoms with E-state index < -0.39 is 5.91 Å². The second kappa shape index (κ2) is 7.34. The number of carbonyl (C=O) groups excluding carboxylic acids is 1. The molecule has 1 aromatic carbocycles. The van der Waals surface area contributed by atoms with Gasteiger partial charge < -0.3 is 15.8 Å². The maximum atomic E-state index is 11.1. The third-order valence-corrected chi connectivity index (χ3v) is 2.30. The summed E-state index contributed by atoms with van der Waals surface area (Å²) in [4.78, 5) is 15.4. The Morgan fingerprint density at radius 2 is 2.26 bits per heavy atom. The highest BCUT2D eigenvalue weighted by Gasteiger charge is 2.05. The van der Waals surface area contributed by atoms with Gasteiger partial charge in [-0.2, -0.15) is 0 Å². The molecule has 0 aromatic heterocycles. The molecule has 1 rings (SSSR count). The lowest BCUT2D eigenvalue weighted by atomic mass is 10.2. The van der Waals surface area contributed by atoms with Crippen molar-refractivity contribution in [2.45, 2.75) is 13.0 Å². The monoisotopic (exact) mass is 265 g/mol. The molecule has 6 N–H and O–H groups in total. The third-order valence-electron chi connectivity index (χ3n) is 2.30. The maximum absolute atomic E-state index is 11.1. The lowest BCUT2D eigenvalue weighted by molar-refractivity contribution is 0.100. The zero-order valence-electron chi connectivity index (χ0n) is 11.0. The first-order chi connectivity index (χ1) is 9.06. The molecule has 1 atom stereocenters. The molecular weight excluding hydrogens is 246 g/mol. The van der Waals surface area contributed by atoms with E-state index in [2.05, 4.69) is 15.7 Å². The van der Waals surface area contributed by atoms with Gasteiger partial charge in [0.1, 0.15) is 0 Å². The smallest absolute Gasteiger partial charge is 0.248 e. The van der Waals surface area contributed by atoms with Crippen LogP contribution in [0.4, 0.5) is 5.69 Å². The predicted octanol–water partition coefficient (Wildman–Crippen LogP) is 0.0516. The standard InChI is InChI=1S/C12H19N5O2/c1-8(7-19-2)15-12(17-14)16-10-5-3-4-9(6-10)11(13)18/h3-6,8H,7,14H2,1-2H3,(H2,13,18)(H2,15,16,17). The van der Waals surface area contributed by atoms with Crippen LogP contribution in [-0.2, 0) is 4.74 Å². The Morgan fingerprint density at radius 3 is 2.84 bits per heavy atom. The minimum absolute atomic E-state index is 0.0529. The Kier molecular flexibility index (Phi) is 5.77. The average Bonchev–Trinajstić information content (AvgIpc) is 2.38. The van der Waals surface area contributed by atoms with E-state index in [0.29, 0.717) is 23.8 Å². The van der Waals surface area contributed by atoms with Gasteiger partial charge in [-0.15, -0.1) is 0 Å². The summed E-state index contributed by atoms with van der Waals surface area (Å²) in [5.41, 5.74) is 8.74. The van der Waals surface area contributed by atoms with Gasteiger partial charge in [-0.25, -0.2) is 10.8 Å². The van der Waals surface area contributed by atoms with E-state index in [1.807, 2.05) is 6.92 Å². The van der Waals surface area contributed by atoms with Crippen molar-refractivity contribution in [1.82, 2.24) is 5.43 Å². The van der Waals surface area contributed by atoms with E-state index in [9.17, 15) is 4.79 Å². The average molecular weight is 265 g/mol. The summed E-state index contributed by atoms with van der Waals surface area (Å²) in [6.45, 7) is 2.37. The number of guanidine groups is 1. The molecule has 0 aliphatic carbocycles. The van der Waals surface area contributed by atoms with Crippen LogP contribution in [0.2, 0.25) is 0 Å². The fourth-order valence-electron chi connectivity index (χ4n) is 1.49. The Morgan fingerprint density at radius 1 is 1.53 bits per heavy atom. The Bertz CT molecular complexity index is 461. The number of amides is 1. The van der Waals surface area contributed by atoms with Gasteiger partial charge in [-0.05, 0) is 25.1 Å². The van der Waals surface area contributed by atoms with Gasteiger partial charge in [0.15, 0.2) is 0 Å². The molecule has 0 fully saturated rings. The fraction of sp³-hybridized carbons (Fsp3) is 0.333. The Labute approximate surface area is 112 Å². The summed E-state index contributed by atoms with van der Waals surface area (Å²) >= 11 is 0. The highest BCUT2D eigenvalue weighted by atomic mass is 16.5. The van der Waals surface area contributed by atoms with E-state index in [1.165, 1.54) is 0 Å². The number of hydrogen-bond donors (Lipinski definition) is 4. The Hall–Kier alpha value is -2.12. The van der Waals surface area contributed by atoms with Crippen LogP contribution in [0.1, 0.15) is 17.3 Å². The van der Waals surface area contributed by atoms with Crippen LogP contribution in [0.3, 0.4) is 0 Å². The molecule has 0 spiro atoms. The van der Waals surface area contributed by atoms with Gasteiger partial charge in [0.05, 0.1) is 12.6 Å². The number of nitrogens with zero attached hydrogens (tertiary/aromatic N) is 1. The lowest BCUT2D eigenvalue weighted by Gasteiger charge is -2.12. The van der Waals surface area contributed by atoms with Crippen LogP contribution >= 0.6 is 0 Å². The van der Waals surface area contributed by atoms with Gasteiger partial charge in [-0.3, -0.25) is 10.2 Å². The number of rotatable bonds is 5. The number of aliphatic imine (C=N–C) groups is 1. The quantitative estimate of drug-likeness (QED) is 0.260. The number of anilines is 1. The summed E-state index contributed by atoms with van der Waals surface area (Å²) < 4.78 is 4.99. The molecule has 0 bridgehead atoms. The molecule has 0 aliphatic heterocycles. The summed E-state index contributed by atoms with van der Waals surface area (Å²) in [6.07, 6.45) is 0. The molecule has 7 nitrogen and oxygen atoms in total. The molecule has 7 heteroatoms. The topological polar surface area (TPSA) is 115 Å². The molecule has 1 unspecified atom stereocenters. The van der Waals surface area contributed by atoms with E-state index in [-0.39, 0.29) is 6.04 Å². The second-order valence-electron chi connectivity index (χ2n) is 4.00. The number of primary amides is 1. The summed E-state index contributed by atoms with van der Waals surface area (Å²) in [6, 6.07) is 6.70. The van der Waals surface area contributed by atoms with Crippen molar-refractivity contribution in [1.29, 1.82) is 0 Å². The molecule has 19 heavy (non-hydrogen) atoms. The van der Waals surface area contributed by atoms with Crippen molar-refractivity contribution < 1.29 is 9.53 Å². The SMILES string of the molecule is COCC(C)N=C(NN)Nc1cccc(C(N)=O)c1. The third kappa shape index (κ3) is 4.94. The molecule has 1 amide bonds. The van der Waals surface area contributed by atoms with E-state index >= 15 is 0 Å². The zero-order chi connectivity index (χ0) is 14.3. The number of methoxy groups -OCH3 is 1. The van der Waals surface area contributed by atoms with Crippen LogP contribution in [0.25, 0.3) is 0 Å². The summed E-state index contributed by atoms with van der Waals surface area (Å²) in [5.74, 6) is 5.28. The van der Waals surface area contributed by atoms with Crippen molar-refractivity contribution in [3.63, 3.8) is 0 Å². The van der Waals surface area contributed by atoms with Gasteiger partial charge in [0.25, 0.3) is 0 Å². The van der Waals surface area contributed by atoms with Crippen molar-refractivity contribution in [2.75, 3.05) is 19.0 Å². The molecule has 104 valence electrons. The van der Waals surface area contributed by atoms with Crippen LogP contribution < -0.4 is 22.3 Å². The molecule has 0 heterocycles. The Balaban J connectivity index is 2.81. The number of nitrogens with one attached hydrogen (secondary N) is 2. The minimum atomic E-state index is -0.490. The number of carbonyl (C=O) groups is 1. The summed E-state index contributed by atoms with van der Waals surface area (Å²) in [5, 5.41) is 2.96. The first-order valence-corrected chi connectivity index (χ1v) is 5.77. The van der Waals surface area contributed by atoms with E-state index in [4.69, 9.17) is 16.3 Å². The largest absolute Gasteiger partial charge is 0.382 e. The molecule has 0 saturated carbocycles. The summed E-state index contributed by atoms with van der Waals surface area (Å²) in [7, 11) is 1.60. The van der Waals surface area contributed by atoms with Crippen molar-refractivity contribution in [3.05, 3.63) is 29.8 Å². The minimum Gasteiger partial charge on any atom is -0.382 e. The number of ether oxygens (including phenoxy) is 1. The van der Waals surface area contributed by atoms with Crippen molar-refractivity contribution in [2.24, 2.45) is 16.6 Å². The lowest BCUT2D eigenvalue weighted by Crippen LogP contribution is -2.37. The van der Waals surface area contributed by atoms with Gasteiger partial charge >= 0.3 is 0 Å². The van der Waals surface area contributed by atoms with Gasteiger partial charge in [-0.1, -0.05) is 6.07 Å². The van der Waals surface area contributed by atoms with Gasteiger partial charge in [0.2, 0.25) is 11.9 Å². The second-order valence-corrected chi connectivity index (χ2v) is 4.00. The normalized spacial score (nSPS) is 12.9. The zero-order valence-corrected chi connectivity index (χ0v) is 11.0. The first-order valence-electron chi connectivity index (χ1n) is 5.77. The van der Waals surface area contributed by atoms with Gasteiger partial charge in [0, 0.05) is 18.4 Å². The highest BCUT2D eigenvalue weighted by molar-refractivity contribution is 5.97. The van der Waals surface area contributed by atoms with Crippen molar-refractivity contribution >= 4 is 17.6 Å². The number of nitrogens with two attached hydrogens (primary N) is 2. The molecule has 0 radical (unpaired) electrons. The molecule has 0 saturated heterocycles. The first kappa shape index (κ1) is 14.9. The number of benzene rings is 1. The van der Waals surface area contributed by atoms with Crippen LogP contribution in [0.15, 0.2) is 29.3 Å². The molecule has 0 aliphatic rings. The fourth-order valence-corrected chi connectivity index (χ4v) is 1.49. The number of hydrazine groups is 1. The van der Waals surface area contributed by atoms with E-state index in [1.54, 1.807) is 31.4 Å². The highest BCUT2D eigenvalue weighted by Crippen LogP contribution is 2.10. The van der Waals surface area contributed by atoms with Crippen LogP contribution in [-0.4, -0.2) is 31.6 Å². The predicted molar refractivity (Wildman–Crippen MR) is 74.7 cm³/mol.